The molecular formula is C13H15BrClNO2. The maximum Gasteiger partial charge on any atom is 0.304 e. The molecule has 98 valence electrons. The molecule has 0 radical (unpaired) electrons. The summed E-state index contributed by atoms with van der Waals surface area (Å²) in [5.74, 6) is -0.718. The van der Waals surface area contributed by atoms with Crippen LogP contribution in [0.1, 0.15) is 24.8 Å². The Kier molecular flexibility index (Phi) is 4.65. The molecule has 0 bridgehead atoms. The van der Waals surface area contributed by atoms with E-state index in [2.05, 4.69) is 20.8 Å². The SMILES string of the molecule is O=C(O)CC1CCCN1Cc1ccc(Cl)c(Br)c1. The second kappa shape index (κ2) is 6.04. The molecule has 5 heteroatoms. The van der Waals surface area contributed by atoms with E-state index in [1.54, 1.807) is 0 Å². The molecule has 1 aromatic carbocycles. The first kappa shape index (κ1) is 13.8. The summed E-state index contributed by atoms with van der Waals surface area (Å²) in [6, 6.07) is 6.02. The summed E-state index contributed by atoms with van der Waals surface area (Å²) < 4.78 is 0.885. The Balaban J connectivity index is 2.03. The first-order chi connectivity index (χ1) is 8.56. The van der Waals surface area contributed by atoms with Gasteiger partial charge >= 0.3 is 5.97 Å². The van der Waals surface area contributed by atoms with E-state index in [4.69, 9.17) is 16.7 Å². The summed E-state index contributed by atoms with van der Waals surface area (Å²) >= 11 is 9.36. The number of carboxylic acids is 1. The van der Waals surface area contributed by atoms with Crippen molar-refractivity contribution < 1.29 is 9.90 Å². The molecule has 0 aromatic heterocycles. The van der Waals surface area contributed by atoms with Crippen LogP contribution in [0.25, 0.3) is 0 Å². The smallest absolute Gasteiger partial charge is 0.304 e. The van der Waals surface area contributed by atoms with Gasteiger partial charge in [0.05, 0.1) is 11.4 Å². The molecule has 18 heavy (non-hydrogen) atoms. The maximum atomic E-state index is 10.8. The second-order valence-electron chi connectivity index (χ2n) is 4.61. The number of likely N-dealkylation sites (tertiary alicyclic amines) is 1. The number of benzene rings is 1. The molecule has 0 aliphatic carbocycles. The molecule has 0 saturated carbocycles. The van der Waals surface area contributed by atoms with Crippen LogP contribution in [0.4, 0.5) is 0 Å². The number of hydrogen-bond acceptors (Lipinski definition) is 2. The predicted octanol–water partition coefficient (Wildman–Crippen LogP) is 3.54. The van der Waals surface area contributed by atoms with E-state index in [1.165, 1.54) is 0 Å². The zero-order valence-corrected chi connectivity index (χ0v) is 12.2. The molecule has 1 aliphatic heterocycles. The highest BCUT2D eigenvalue weighted by atomic mass is 79.9. The lowest BCUT2D eigenvalue weighted by Gasteiger charge is -2.23. The zero-order chi connectivity index (χ0) is 13.1. The Bertz CT molecular complexity index is 453. The second-order valence-corrected chi connectivity index (χ2v) is 5.87. The lowest BCUT2D eigenvalue weighted by molar-refractivity contribution is -0.138. The van der Waals surface area contributed by atoms with Crippen molar-refractivity contribution in [3.63, 3.8) is 0 Å². The van der Waals surface area contributed by atoms with Crippen LogP contribution in [-0.2, 0) is 11.3 Å². The van der Waals surface area contributed by atoms with Crippen molar-refractivity contribution in [1.29, 1.82) is 0 Å². The first-order valence-corrected chi connectivity index (χ1v) is 7.13. The average Bonchev–Trinajstić information content (AvgIpc) is 2.70. The van der Waals surface area contributed by atoms with Gasteiger partial charge in [-0.25, -0.2) is 0 Å². The predicted molar refractivity (Wildman–Crippen MR) is 74.8 cm³/mol. The molecule has 0 spiro atoms. The third-order valence-electron chi connectivity index (χ3n) is 3.28. The van der Waals surface area contributed by atoms with E-state index < -0.39 is 5.97 Å². The van der Waals surface area contributed by atoms with Crippen LogP contribution in [-0.4, -0.2) is 28.6 Å². The minimum Gasteiger partial charge on any atom is -0.481 e. The molecule has 1 fully saturated rings. The van der Waals surface area contributed by atoms with Gasteiger partial charge in [0.25, 0.3) is 0 Å². The maximum absolute atomic E-state index is 10.8. The third kappa shape index (κ3) is 3.46. The fourth-order valence-electron chi connectivity index (χ4n) is 2.41. The lowest BCUT2D eigenvalue weighted by Crippen LogP contribution is -2.30. The van der Waals surface area contributed by atoms with Crippen LogP contribution in [0.15, 0.2) is 22.7 Å². The molecule has 1 N–H and O–H groups in total. The number of halogens is 2. The number of aliphatic carboxylic acids is 1. The number of nitrogens with zero attached hydrogens (tertiary/aromatic N) is 1. The number of carbonyl (C=O) groups is 1. The standard InChI is InChI=1S/C13H15BrClNO2/c14-11-6-9(3-4-12(11)15)8-16-5-1-2-10(16)7-13(17)18/h3-4,6,10H,1-2,5,7-8H2,(H,17,18). The van der Waals surface area contributed by atoms with Crippen molar-refractivity contribution in [2.75, 3.05) is 6.54 Å². The van der Waals surface area contributed by atoms with Crippen molar-refractivity contribution in [3.8, 4) is 0 Å². The van der Waals surface area contributed by atoms with Crippen molar-refractivity contribution in [3.05, 3.63) is 33.3 Å². The molecular weight excluding hydrogens is 318 g/mol. The van der Waals surface area contributed by atoms with Gasteiger partial charge in [0, 0.05) is 17.1 Å². The van der Waals surface area contributed by atoms with E-state index in [0.717, 1.165) is 36.0 Å². The number of hydrogen-bond donors (Lipinski definition) is 1. The topological polar surface area (TPSA) is 40.5 Å². The third-order valence-corrected chi connectivity index (χ3v) is 4.49. The molecule has 1 unspecified atom stereocenters. The van der Waals surface area contributed by atoms with Crippen molar-refractivity contribution >= 4 is 33.5 Å². The highest BCUT2D eigenvalue weighted by Gasteiger charge is 2.26. The van der Waals surface area contributed by atoms with Gasteiger partial charge in [0.15, 0.2) is 0 Å². The minimum atomic E-state index is -0.718. The summed E-state index contributed by atoms with van der Waals surface area (Å²) in [5, 5.41) is 9.58. The molecule has 1 atom stereocenters. The molecule has 1 aliphatic rings. The van der Waals surface area contributed by atoms with Gasteiger partial charge in [-0.3, -0.25) is 9.69 Å². The molecule has 3 nitrogen and oxygen atoms in total. The van der Waals surface area contributed by atoms with Gasteiger partial charge in [-0.1, -0.05) is 17.7 Å². The summed E-state index contributed by atoms with van der Waals surface area (Å²) in [6.07, 6.45) is 2.28. The minimum absolute atomic E-state index is 0.164. The monoisotopic (exact) mass is 331 g/mol. The average molecular weight is 333 g/mol. The molecule has 2 rings (SSSR count). The summed E-state index contributed by atoms with van der Waals surface area (Å²) in [6.45, 7) is 1.76. The quantitative estimate of drug-likeness (QED) is 0.917. The van der Waals surface area contributed by atoms with Gasteiger partial charge < -0.3 is 5.11 Å². The van der Waals surface area contributed by atoms with Crippen LogP contribution < -0.4 is 0 Å². The Hall–Kier alpha value is -0.580. The fraction of sp³-hybridized carbons (Fsp3) is 0.462. The zero-order valence-electron chi connectivity index (χ0n) is 9.90. The van der Waals surface area contributed by atoms with E-state index in [9.17, 15) is 4.79 Å². The number of rotatable bonds is 4. The van der Waals surface area contributed by atoms with E-state index >= 15 is 0 Å². The van der Waals surface area contributed by atoms with Gasteiger partial charge in [-0.2, -0.15) is 0 Å². The first-order valence-electron chi connectivity index (χ1n) is 5.96. The Morgan fingerprint density at radius 2 is 2.33 bits per heavy atom. The van der Waals surface area contributed by atoms with Crippen LogP contribution >= 0.6 is 27.5 Å². The van der Waals surface area contributed by atoms with Crippen molar-refractivity contribution in [2.45, 2.75) is 31.8 Å². The highest BCUT2D eigenvalue weighted by molar-refractivity contribution is 9.10. The Morgan fingerprint density at radius 1 is 1.56 bits per heavy atom. The lowest BCUT2D eigenvalue weighted by atomic mass is 10.1. The van der Waals surface area contributed by atoms with Crippen LogP contribution in [0, 0.1) is 0 Å². The van der Waals surface area contributed by atoms with Crippen LogP contribution in [0.3, 0.4) is 0 Å². The summed E-state index contributed by atoms with van der Waals surface area (Å²) in [5.41, 5.74) is 1.16. The summed E-state index contributed by atoms with van der Waals surface area (Å²) in [7, 11) is 0. The summed E-state index contributed by atoms with van der Waals surface area (Å²) in [4.78, 5) is 13.0. The molecule has 1 aromatic rings. The molecule has 0 amide bonds. The van der Waals surface area contributed by atoms with E-state index in [1.807, 2.05) is 18.2 Å². The largest absolute Gasteiger partial charge is 0.481 e. The highest BCUT2D eigenvalue weighted by Crippen LogP contribution is 2.26. The van der Waals surface area contributed by atoms with Gasteiger partial charge in [0.2, 0.25) is 0 Å². The number of carboxylic acid groups (broad SMARTS) is 1. The fourth-order valence-corrected chi connectivity index (χ4v) is 2.95. The van der Waals surface area contributed by atoms with Gasteiger partial charge in [0.1, 0.15) is 0 Å². The molecule has 1 saturated heterocycles. The Labute approximate surface area is 120 Å². The van der Waals surface area contributed by atoms with Crippen molar-refractivity contribution in [1.82, 2.24) is 4.90 Å². The van der Waals surface area contributed by atoms with Crippen LogP contribution in [0.5, 0.6) is 0 Å². The normalized spacial score (nSPS) is 20.2. The van der Waals surface area contributed by atoms with E-state index in [-0.39, 0.29) is 12.5 Å². The van der Waals surface area contributed by atoms with Gasteiger partial charge in [-0.15, -0.1) is 0 Å². The van der Waals surface area contributed by atoms with E-state index in [0.29, 0.717) is 5.02 Å². The Morgan fingerprint density at radius 3 is 3.00 bits per heavy atom. The molecule has 1 heterocycles. The van der Waals surface area contributed by atoms with Crippen molar-refractivity contribution in [2.24, 2.45) is 0 Å². The van der Waals surface area contributed by atoms with Gasteiger partial charge in [-0.05, 0) is 53.0 Å². The van der Waals surface area contributed by atoms with Crippen LogP contribution in [0.2, 0.25) is 5.02 Å².